The molecule has 0 amide bonds. The quantitative estimate of drug-likeness (QED) is 0.159. The molecule has 0 saturated carbocycles. The van der Waals surface area contributed by atoms with Gasteiger partial charge in [-0.2, -0.15) is 0 Å². The lowest BCUT2D eigenvalue weighted by Gasteiger charge is -2.17. The SMILES string of the molecule is c1ccc(-c2cc(-c3ccc(-c4cccc(-c5cc6c(-c7ccc8ccccc8c7)nc7ccccc7c6c6ccccc56)c4)cc3)cc(-c3ccccc3)n2)cc1. The van der Waals surface area contributed by atoms with E-state index in [1.807, 2.05) is 12.1 Å². The van der Waals surface area contributed by atoms with Crippen molar-refractivity contribution in [1.82, 2.24) is 9.97 Å². The molecule has 11 aromatic rings. The fraction of sp³-hybridized carbons (Fsp3) is 0. The van der Waals surface area contributed by atoms with E-state index >= 15 is 0 Å². The summed E-state index contributed by atoms with van der Waals surface area (Å²) >= 11 is 0. The first-order chi connectivity index (χ1) is 28.7. The van der Waals surface area contributed by atoms with Crippen molar-refractivity contribution in [3.8, 4) is 67.2 Å². The summed E-state index contributed by atoms with van der Waals surface area (Å²) in [7, 11) is 0. The number of aromatic nitrogens is 2. The van der Waals surface area contributed by atoms with E-state index in [2.05, 4.69) is 206 Å². The van der Waals surface area contributed by atoms with Crippen molar-refractivity contribution in [3.05, 3.63) is 218 Å². The van der Waals surface area contributed by atoms with E-state index in [1.54, 1.807) is 0 Å². The van der Waals surface area contributed by atoms with Crippen LogP contribution in [0.1, 0.15) is 0 Å². The number of para-hydroxylation sites is 1. The average Bonchev–Trinajstić information content (AvgIpc) is 3.31. The maximum Gasteiger partial charge on any atom is 0.0788 e. The molecule has 2 heteroatoms. The Morgan fingerprint density at radius 2 is 0.810 bits per heavy atom. The first-order valence-electron chi connectivity index (χ1n) is 19.8. The van der Waals surface area contributed by atoms with Gasteiger partial charge < -0.3 is 0 Å². The number of pyridine rings is 2. The van der Waals surface area contributed by atoms with E-state index in [-0.39, 0.29) is 0 Å². The Morgan fingerprint density at radius 3 is 1.53 bits per heavy atom. The molecule has 0 atom stereocenters. The lowest BCUT2D eigenvalue weighted by atomic mass is 9.89. The zero-order valence-electron chi connectivity index (χ0n) is 31.7. The molecule has 0 aliphatic heterocycles. The van der Waals surface area contributed by atoms with Gasteiger partial charge in [-0.15, -0.1) is 0 Å². The summed E-state index contributed by atoms with van der Waals surface area (Å²) in [4.78, 5) is 10.5. The highest BCUT2D eigenvalue weighted by atomic mass is 14.7. The first kappa shape index (κ1) is 33.6. The van der Waals surface area contributed by atoms with Crippen LogP contribution in [0.2, 0.25) is 0 Å². The largest absolute Gasteiger partial charge is 0.248 e. The Bertz CT molecular complexity index is 3260. The number of hydrogen-bond acceptors (Lipinski definition) is 2. The summed E-state index contributed by atoms with van der Waals surface area (Å²) < 4.78 is 0. The minimum Gasteiger partial charge on any atom is -0.248 e. The second-order valence-corrected chi connectivity index (χ2v) is 14.9. The van der Waals surface area contributed by atoms with Crippen molar-refractivity contribution in [2.24, 2.45) is 0 Å². The summed E-state index contributed by atoms with van der Waals surface area (Å²) in [5.74, 6) is 0. The van der Waals surface area contributed by atoms with Gasteiger partial charge in [0.2, 0.25) is 0 Å². The van der Waals surface area contributed by atoms with Crippen LogP contribution in [0.15, 0.2) is 218 Å². The van der Waals surface area contributed by atoms with Gasteiger partial charge >= 0.3 is 0 Å². The second kappa shape index (κ2) is 14.1. The third kappa shape index (κ3) is 6.00. The van der Waals surface area contributed by atoms with Crippen LogP contribution in [0.25, 0.3) is 110 Å². The molecule has 58 heavy (non-hydrogen) atoms. The van der Waals surface area contributed by atoms with Gasteiger partial charge in [0.15, 0.2) is 0 Å². The van der Waals surface area contributed by atoms with E-state index in [4.69, 9.17) is 9.97 Å². The van der Waals surface area contributed by atoms with Gasteiger partial charge in [0.25, 0.3) is 0 Å². The van der Waals surface area contributed by atoms with Crippen LogP contribution in [0.5, 0.6) is 0 Å². The van der Waals surface area contributed by atoms with Crippen LogP contribution in [0.4, 0.5) is 0 Å². The van der Waals surface area contributed by atoms with E-state index in [9.17, 15) is 0 Å². The maximum atomic E-state index is 5.36. The zero-order chi connectivity index (χ0) is 38.4. The van der Waals surface area contributed by atoms with Crippen molar-refractivity contribution in [2.75, 3.05) is 0 Å². The molecular weight excluding hydrogens is 701 g/mol. The molecule has 9 aromatic carbocycles. The van der Waals surface area contributed by atoms with Gasteiger partial charge in [-0.05, 0) is 91.3 Å². The second-order valence-electron chi connectivity index (χ2n) is 14.9. The van der Waals surface area contributed by atoms with Crippen molar-refractivity contribution < 1.29 is 0 Å². The Hall–Kier alpha value is -7.68. The molecule has 0 spiro atoms. The molecule has 0 aliphatic rings. The van der Waals surface area contributed by atoms with Gasteiger partial charge in [-0.3, -0.25) is 0 Å². The Kier molecular flexibility index (Phi) is 8.19. The molecule has 2 heterocycles. The number of benzene rings is 9. The molecule has 2 aromatic heterocycles. The van der Waals surface area contributed by atoms with Crippen LogP contribution in [-0.2, 0) is 0 Å². The van der Waals surface area contributed by atoms with Gasteiger partial charge in [0.05, 0.1) is 22.6 Å². The molecule has 0 radical (unpaired) electrons. The normalized spacial score (nSPS) is 11.4. The lowest BCUT2D eigenvalue weighted by molar-refractivity contribution is 1.32. The Labute approximate surface area is 337 Å². The molecule has 0 aliphatic carbocycles. The molecule has 0 bridgehead atoms. The van der Waals surface area contributed by atoms with Crippen LogP contribution in [-0.4, -0.2) is 9.97 Å². The van der Waals surface area contributed by atoms with E-state index in [0.717, 1.165) is 55.8 Å². The third-order valence-electron chi connectivity index (χ3n) is 11.4. The predicted octanol–water partition coefficient (Wildman–Crippen LogP) is 15.1. The number of rotatable bonds is 6. The molecule has 0 N–H and O–H groups in total. The van der Waals surface area contributed by atoms with Gasteiger partial charge in [-0.25, -0.2) is 9.97 Å². The topological polar surface area (TPSA) is 25.8 Å². The smallest absolute Gasteiger partial charge is 0.0788 e. The summed E-state index contributed by atoms with van der Waals surface area (Å²) in [6, 6.07) is 78.2. The third-order valence-corrected chi connectivity index (χ3v) is 11.4. The summed E-state index contributed by atoms with van der Waals surface area (Å²) in [5.41, 5.74) is 14.2. The maximum absolute atomic E-state index is 5.36. The van der Waals surface area contributed by atoms with Crippen LogP contribution in [0.3, 0.4) is 0 Å². The minimum absolute atomic E-state index is 0.961. The van der Waals surface area contributed by atoms with Crippen molar-refractivity contribution in [3.63, 3.8) is 0 Å². The molecule has 2 nitrogen and oxygen atoms in total. The number of nitrogens with zero attached hydrogens (tertiary/aromatic N) is 2. The Morgan fingerprint density at radius 1 is 0.259 bits per heavy atom. The molecule has 270 valence electrons. The molecule has 0 fully saturated rings. The highest BCUT2D eigenvalue weighted by Gasteiger charge is 2.17. The minimum atomic E-state index is 0.961. The summed E-state index contributed by atoms with van der Waals surface area (Å²) in [6.07, 6.45) is 0. The predicted molar refractivity (Wildman–Crippen MR) is 245 cm³/mol. The van der Waals surface area contributed by atoms with Crippen LogP contribution >= 0.6 is 0 Å². The first-order valence-corrected chi connectivity index (χ1v) is 19.8. The highest BCUT2D eigenvalue weighted by molar-refractivity contribution is 6.25. The number of fused-ring (bicyclic) bond motifs is 6. The van der Waals surface area contributed by atoms with Crippen LogP contribution in [0, 0.1) is 0 Å². The lowest BCUT2D eigenvalue weighted by Crippen LogP contribution is -1.93. The van der Waals surface area contributed by atoms with Gasteiger partial charge in [0, 0.05) is 32.8 Å². The summed E-state index contributed by atoms with van der Waals surface area (Å²) in [6.45, 7) is 0. The fourth-order valence-electron chi connectivity index (χ4n) is 8.54. The highest BCUT2D eigenvalue weighted by Crippen LogP contribution is 2.43. The standard InChI is InChI=1S/C56H36N2/c1-3-15-40(16-4-1)53-34-46(35-54(57-53)41-17-5-2-6-18-41)39-28-26-38(27-29-39)43-20-13-21-44(32-43)50-36-51-55(48-23-10-9-22-47(48)50)49-24-11-12-25-52(49)58-56(51)45-31-30-37-14-7-8-19-42(37)33-45/h1-36H. The van der Waals surface area contributed by atoms with Crippen LogP contribution < -0.4 is 0 Å². The van der Waals surface area contributed by atoms with Gasteiger partial charge in [-0.1, -0.05) is 182 Å². The molecule has 0 saturated heterocycles. The number of hydrogen-bond donors (Lipinski definition) is 0. The monoisotopic (exact) mass is 736 g/mol. The molecular formula is C56H36N2. The van der Waals surface area contributed by atoms with Crippen molar-refractivity contribution in [2.45, 2.75) is 0 Å². The van der Waals surface area contributed by atoms with E-state index < -0.39 is 0 Å². The van der Waals surface area contributed by atoms with Crippen molar-refractivity contribution >= 4 is 43.2 Å². The van der Waals surface area contributed by atoms with Crippen molar-refractivity contribution in [1.29, 1.82) is 0 Å². The van der Waals surface area contributed by atoms with Gasteiger partial charge in [0.1, 0.15) is 0 Å². The average molecular weight is 737 g/mol. The fourth-order valence-corrected chi connectivity index (χ4v) is 8.54. The van der Waals surface area contributed by atoms with E-state index in [0.29, 0.717) is 0 Å². The van der Waals surface area contributed by atoms with E-state index in [1.165, 1.54) is 54.6 Å². The zero-order valence-corrected chi connectivity index (χ0v) is 31.7. The Balaban J connectivity index is 1.03. The molecule has 11 rings (SSSR count). The summed E-state index contributed by atoms with van der Waals surface area (Å²) in [5, 5.41) is 8.44. The molecule has 0 unspecified atom stereocenters.